The van der Waals surface area contributed by atoms with Gasteiger partial charge < -0.3 is 9.47 Å². The molecule has 5 nitrogen and oxygen atoms in total. The van der Waals surface area contributed by atoms with Gasteiger partial charge in [-0.25, -0.2) is 8.42 Å². The first kappa shape index (κ1) is 17.1. The zero-order chi connectivity index (χ0) is 16.7. The summed E-state index contributed by atoms with van der Waals surface area (Å²) in [5.74, 6) is 1.21. The van der Waals surface area contributed by atoms with Gasteiger partial charge in [0.05, 0.1) is 7.11 Å². The van der Waals surface area contributed by atoms with Crippen LogP contribution >= 0.6 is 0 Å². The fourth-order valence-electron chi connectivity index (χ4n) is 1.98. The number of anilines is 1. The highest BCUT2D eigenvalue weighted by molar-refractivity contribution is 7.92. The van der Waals surface area contributed by atoms with Crippen molar-refractivity contribution in [2.45, 2.75) is 13.3 Å². The van der Waals surface area contributed by atoms with E-state index in [1.165, 1.54) is 0 Å². The van der Waals surface area contributed by atoms with Crippen LogP contribution in [-0.4, -0.2) is 27.9 Å². The highest BCUT2D eigenvalue weighted by atomic mass is 32.2. The van der Waals surface area contributed by atoms with Crippen molar-refractivity contribution in [2.24, 2.45) is 0 Å². The number of nitrogens with one attached hydrogen (secondary N) is 1. The molecule has 0 bridgehead atoms. The molecular weight excluding hydrogens is 314 g/mol. The number of benzene rings is 2. The molecule has 0 saturated heterocycles. The van der Waals surface area contributed by atoms with Crippen LogP contribution in [0.3, 0.4) is 0 Å². The molecule has 0 radical (unpaired) electrons. The third-order valence-electron chi connectivity index (χ3n) is 3.32. The first-order valence-electron chi connectivity index (χ1n) is 7.38. The van der Waals surface area contributed by atoms with Crippen molar-refractivity contribution in [2.75, 3.05) is 24.2 Å². The molecule has 124 valence electrons. The smallest absolute Gasteiger partial charge is 0.236 e. The zero-order valence-electron chi connectivity index (χ0n) is 13.3. The molecule has 0 unspecified atom stereocenters. The molecule has 0 aliphatic rings. The Morgan fingerprint density at radius 3 is 2.13 bits per heavy atom. The molecule has 2 rings (SSSR count). The van der Waals surface area contributed by atoms with E-state index < -0.39 is 10.0 Å². The topological polar surface area (TPSA) is 64.6 Å². The number of sulfonamides is 1. The molecule has 23 heavy (non-hydrogen) atoms. The second-order valence-corrected chi connectivity index (χ2v) is 6.84. The molecule has 0 saturated carbocycles. The van der Waals surface area contributed by atoms with Crippen LogP contribution in [0, 0.1) is 0 Å². The summed E-state index contributed by atoms with van der Waals surface area (Å²) >= 11 is 0. The molecule has 0 spiro atoms. The number of hydrogen-bond acceptors (Lipinski definition) is 4. The van der Waals surface area contributed by atoms with Crippen LogP contribution in [-0.2, 0) is 16.4 Å². The van der Waals surface area contributed by atoms with Crippen LogP contribution in [0.25, 0.3) is 0 Å². The lowest BCUT2D eigenvalue weighted by molar-refractivity contribution is 0.340. The van der Waals surface area contributed by atoms with Crippen molar-refractivity contribution in [3.63, 3.8) is 0 Å². The van der Waals surface area contributed by atoms with Crippen LogP contribution < -0.4 is 14.2 Å². The minimum absolute atomic E-state index is 0.0781. The average molecular weight is 335 g/mol. The van der Waals surface area contributed by atoms with Crippen LogP contribution in [0.5, 0.6) is 11.5 Å². The van der Waals surface area contributed by atoms with Gasteiger partial charge in [0.2, 0.25) is 10.0 Å². The molecule has 0 aliphatic heterocycles. The molecule has 1 N–H and O–H groups in total. The summed E-state index contributed by atoms with van der Waals surface area (Å²) in [7, 11) is -1.85. The van der Waals surface area contributed by atoms with Gasteiger partial charge in [0.1, 0.15) is 23.9 Å². The fraction of sp³-hybridized carbons (Fsp3) is 0.294. The van der Waals surface area contributed by atoms with Gasteiger partial charge in [-0.2, -0.15) is 0 Å². The number of ether oxygens (including phenoxy) is 2. The average Bonchev–Trinajstić information content (AvgIpc) is 2.55. The van der Waals surface area contributed by atoms with Crippen LogP contribution in [0.1, 0.15) is 12.5 Å². The predicted octanol–water partition coefficient (Wildman–Crippen LogP) is 3.08. The Balaban J connectivity index is 1.85. The molecule has 0 fully saturated rings. The lowest BCUT2D eigenvalue weighted by atomic mass is 10.2. The summed E-state index contributed by atoms with van der Waals surface area (Å²) in [4.78, 5) is 0. The maximum Gasteiger partial charge on any atom is 0.236 e. The predicted molar refractivity (Wildman–Crippen MR) is 91.7 cm³/mol. The van der Waals surface area contributed by atoms with E-state index in [9.17, 15) is 8.42 Å². The minimum Gasteiger partial charge on any atom is -0.497 e. The Morgan fingerprint density at radius 2 is 1.57 bits per heavy atom. The first-order chi connectivity index (χ1) is 11.0. The summed E-state index contributed by atoms with van der Waals surface area (Å²) in [6.07, 6.45) is 0.919. The lowest BCUT2D eigenvalue weighted by Gasteiger charge is -2.10. The van der Waals surface area contributed by atoms with Crippen molar-refractivity contribution in [1.82, 2.24) is 0 Å². The van der Waals surface area contributed by atoms with Crippen molar-refractivity contribution in [1.29, 1.82) is 0 Å². The molecule has 2 aromatic rings. The second kappa shape index (κ2) is 7.87. The van der Waals surface area contributed by atoms with Gasteiger partial charge in [-0.1, -0.05) is 19.1 Å². The van der Waals surface area contributed by atoms with Gasteiger partial charge in [-0.3, -0.25) is 4.72 Å². The number of hydrogen-bond donors (Lipinski definition) is 1. The fourth-order valence-corrected chi connectivity index (χ4v) is 2.88. The Kier molecular flexibility index (Phi) is 5.87. The Hall–Kier alpha value is -2.21. The summed E-state index contributed by atoms with van der Waals surface area (Å²) < 4.78 is 37.1. The van der Waals surface area contributed by atoms with Crippen LogP contribution in [0.15, 0.2) is 48.5 Å². The van der Waals surface area contributed by atoms with E-state index in [2.05, 4.69) is 11.6 Å². The van der Waals surface area contributed by atoms with E-state index in [-0.39, 0.29) is 12.4 Å². The summed E-state index contributed by atoms with van der Waals surface area (Å²) in [5.41, 5.74) is 1.72. The van der Waals surface area contributed by atoms with Gasteiger partial charge in [0, 0.05) is 5.69 Å². The van der Waals surface area contributed by atoms with Crippen molar-refractivity contribution in [3.8, 4) is 11.5 Å². The third-order valence-corrected chi connectivity index (χ3v) is 4.57. The summed E-state index contributed by atoms with van der Waals surface area (Å²) in [6, 6.07) is 14.3. The van der Waals surface area contributed by atoms with Gasteiger partial charge in [-0.15, -0.1) is 0 Å². The van der Waals surface area contributed by atoms with Gasteiger partial charge in [-0.05, 0) is 48.4 Å². The van der Waals surface area contributed by atoms with E-state index >= 15 is 0 Å². The molecule has 0 heterocycles. The molecule has 6 heteroatoms. The number of rotatable bonds is 8. The molecule has 0 amide bonds. The second-order valence-electron chi connectivity index (χ2n) is 5.00. The maximum absolute atomic E-state index is 12.0. The van der Waals surface area contributed by atoms with Crippen molar-refractivity contribution < 1.29 is 17.9 Å². The Morgan fingerprint density at radius 1 is 0.957 bits per heavy atom. The third kappa shape index (κ3) is 5.49. The Labute approximate surface area is 137 Å². The highest BCUT2D eigenvalue weighted by Crippen LogP contribution is 2.17. The lowest BCUT2D eigenvalue weighted by Crippen LogP contribution is -2.21. The number of aryl methyl sites for hydroxylation is 1. The standard InChI is InChI=1S/C17H21NO4S/c1-3-14-4-6-15(7-5-14)18-23(19,20)13-12-22-17-10-8-16(21-2)9-11-17/h4-11,18H,3,12-13H2,1-2H3. The minimum atomic E-state index is -3.44. The van der Waals surface area contributed by atoms with Crippen LogP contribution in [0.4, 0.5) is 5.69 Å². The van der Waals surface area contributed by atoms with E-state index in [4.69, 9.17) is 9.47 Å². The largest absolute Gasteiger partial charge is 0.497 e. The quantitative estimate of drug-likeness (QED) is 0.805. The zero-order valence-corrected chi connectivity index (χ0v) is 14.1. The normalized spacial score (nSPS) is 11.0. The highest BCUT2D eigenvalue weighted by Gasteiger charge is 2.11. The molecule has 2 aromatic carbocycles. The molecule has 0 atom stereocenters. The molecule has 0 aromatic heterocycles. The van der Waals surface area contributed by atoms with E-state index in [1.54, 1.807) is 43.5 Å². The number of methoxy groups -OCH3 is 1. The Bertz CT molecular complexity index is 709. The monoisotopic (exact) mass is 335 g/mol. The summed E-state index contributed by atoms with van der Waals surface area (Å²) in [5, 5.41) is 0. The molecular formula is C17H21NO4S. The maximum atomic E-state index is 12.0. The van der Waals surface area contributed by atoms with Crippen LogP contribution in [0.2, 0.25) is 0 Å². The van der Waals surface area contributed by atoms with Gasteiger partial charge in [0.25, 0.3) is 0 Å². The van der Waals surface area contributed by atoms with Crippen molar-refractivity contribution >= 4 is 15.7 Å². The van der Waals surface area contributed by atoms with Gasteiger partial charge >= 0.3 is 0 Å². The van der Waals surface area contributed by atoms with Gasteiger partial charge in [0.15, 0.2) is 0 Å². The van der Waals surface area contributed by atoms with E-state index in [1.807, 2.05) is 12.1 Å². The first-order valence-corrected chi connectivity index (χ1v) is 9.04. The summed E-state index contributed by atoms with van der Waals surface area (Å²) in [6.45, 7) is 2.13. The van der Waals surface area contributed by atoms with E-state index in [0.717, 1.165) is 17.7 Å². The molecule has 0 aliphatic carbocycles. The SMILES string of the molecule is CCc1ccc(NS(=O)(=O)CCOc2ccc(OC)cc2)cc1. The van der Waals surface area contributed by atoms with E-state index in [0.29, 0.717) is 11.4 Å². The van der Waals surface area contributed by atoms with Crippen molar-refractivity contribution in [3.05, 3.63) is 54.1 Å².